The lowest BCUT2D eigenvalue weighted by atomic mass is 9.99. The summed E-state index contributed by atoms with van der Waals surface area (Å²) < 4.78 is 41.2. The Balaban J connectivity index is 1.70. The number of carbonyl (C=O) groups excluding carboxylic acids is 1. The standard InChI is InChI=1S/C24H27N3O5S2/c1-4-14-27-21-19(31-2)12-13-20(32-3)22(21)33-24(27)25-23(28)17-9-8-15-26(16-17)34(29,30)18-10-6-5-7-11-18/h4-7,10-13,17H,1,8-9,14-16H2,2-3H3. The lowest BCUT2D eigenvalue weighted by Gasteiger charge is -2.30. The van der Waals surface area contributed by atoms with Crippen molar-refractivity contribution in [3.8, 4) is 11.5 Å². The molecule has 1 aliphatic rings. The van der Waals surface area contributed by atoms with Gasteiger partial charge in [-0.05, 0) is 37.1 Å². The lowest BCUT2D eigenvalue weighted by molar-refractivity contribution is -0.122. The molecule has 0 N–H and O–H groups in total. The van der Waals surface area contributed by atoms with E-state index < -0.39 is 15.9 Å². The minimum atomic E-state index is -3.67. The van der Waals surface area contributed by atoms with Gasteiger partial charge in [-0.3, -0.25) is 4.79 Å². The number of benzene rings is 2. The number of methoxy groups -OCH3 is 2. The van der Waals surface area contributed by atoms with Crippen LogP contribution in [0.15, 0.2) is 65.0 Å². The Hall–Kier alpha value is -2.95. The summed E-state index contributed by atoms with van der Waals surface area (Å²) in [7, 11) is -0.492. The molecule has 1 atom stereocenters. The highest BCUT2D eigenvalue weighted by Crippen LogP contribution is 2.35. The van der Waals surface area contributed by atoms with Crippen molar-refractivity contribution in [2.45, 2.75) is 24.3 Å². The molecule has 0 radical (unpaired) electrons. The second kappa shape index (κ2) is 10.1. The number of piperidine rings is 1. The topological polar surface area (TPSA) is 90.2 Å². The summed E-state index contributed by atoms with van der Waals surface area (Å²) in [6, 6.07) is 11.9. The van der Waals surface area contributed by atoms with Crippen LogP contribution in [0.3, 0.4) is 0 Å². The Kier molecular flexibility index (Phi) is 7.20. The number of carbonyl (C=O) groups is 1. The van der Waals surface area contributed by atoms with Crippen molar-refractivity contribution in [2.24, 2.45) is 10.9 Å². The molecular formula is C24H27N3O5S2. The number of allylic oxidation sites excluding steroid dienone is 1. The van der Waals surface area contributed by atoms with Gasteiger partial charge in [-0.1, -0.05) is 35.6 Å². The summed E-state index contributed by atoms with van der Waals surface area (Å²) >= 11 is 1.33. The van der Waals surface area contributed by atoms with Crippen LogP contribution in [0.5, 0.6) is 11.5 Å². The maximum Gasteiger partial charge on any atom is 0.252 e. The molecule has 10 heteroatoms. The molecule has 34 heavy (non-hydrogen) atoms. The summed E-state index contributed by atoms with van der Waals surface area (Å²) in [4.78, 5) is 18.4. The second-order valence-electron chi connectivity index (χ2n) is 7.90. The number of thiazole rings is 1. The van der Waals surface area contributed by atoms with Crippen molar-refractivity contribution in [1.82, 2.24) is 8.87 Å². The van der Waals surface area contributed by atoms with Crippen molar-refractivity contribution in [3.63, 3.8) is 0 Å². The average Bonchev–Trinajstić information content (AvgIpc) is 3.22. The number of ether oxygens (including phenoxy) is 2. The third kappa shape index (κ3) is 4.53. The van der Waals surface area contributed by atoms with E-state index in [-0.39, 0.29) is 17.3 Å². The normalized spacial score (nSPS) is 17.6. The van der Waals surface area contributed by atoms with Gasteiger partial charge in [0.1, 0.15) is 21.7 Å². The number of nitrogens with zero attached hydrogens (tertiary/aromatic N) is 3. The van der Waals surface area contributed by atoms with Gasteiger partial charge in [0.25, 0.3) is 5.91 Å². The molecule has 2 aromatic carbocycles. The van der Waals surface area contributed by atoms with E-state index in [0.29, 0.717) is 42.2 Å². The first-order valence-electron chi connectivity index (χ1n) is 10.9. The third-order valence-corrected chi connectivity index (χ3v) is 8.80. The van der Waals surface area contributed by atoms with E-state index in [9.17, 15) is 13.2 Å². The van der Waals surface area contributed by atoms with Gasteiger partial charge >= 0.3 is 0 Å². The zero-order valence-corrected chi connectivity index (χ0v) is 20.8. The first-order valence-corrected chi connectivity index (χ1v) is 13.1. The molecule has 1 aromatic heterocycles. The summed E-state index contributed by atoms with van der Waals surface area (Å²) in [5.74, 6) is 0.444. The van der Waals surface area contributed by atoms with E-state index in [0.717, 1.165) is 10.2 Å². The van der Waals surface area contributed by atoms with Crippen molar-refractivity contribution in [3.05, 3.63) is 59.9 Å². The molecule has 1 amide bonds. The predicted molar refractivity (Wildman–Crippen MR) is 132 cm³/mol. The molecule has 1 unspecified atom stereocenters. The van der Waals surface area contributed by atoms with Crippen molar-refractivity contribution < 1.29 is 22.7 Å². The number of amides is 1. The van der Waals surface area contributed by atoms with Crippen molar-refractivity contribution >= 4 is 37.5 Å². The van der Waals surface area contributed by atoms with E-state index in [1.807, 2.05) is 16.7 Å². The van der Waals surface area contributed by atoms with E-state index in [4.69, 9.17) is 9.47 Å². The quantitative estimate of drug-likeness (QED) is 0.463. The van der Waals surface area contributed by atoms with Gasteiger partial charge in [0.15, 0.2) is 4.80 Å². The molecule has 3 aromatic rings. The maximum atomic E-state index is 13.2. The number of fused-ring (bicyclic) bond motifs is 1. The summed E-state index contributed by atoms with van der Waals surface area (Å²) in [6.07, 6.45) is 2.91. The monoisotopic (exact) mass is 501 g/mol. The summed E-state index contributed by atoms with van der Waals surface area (Å²) in [5.41, 5.74) is 0.773. The molecule has 0 saturated carbocycles. The Labute approximate surface area is 202 Å². The number of hydrogen-bond donors (Lipinski definition) is 0. The first-order chi connectivity index (χ1) is 16.4. The minimum absolute atomic E-state index is 0.110. The first kappa shape index (κ1) is 24.2. The maximum absolute atomic E-state index is 13.2. The Morgan fingerprint density at radius 3 is 2.56 bits per heavy atom. The molecule has 4 rings (SSSR count). The largest absolute Gasteiger partial charge is 0.495 e. The van der Waals surface area contributed by atoms with E-state index in [1.165, 1.54) is 15.6 Å². The zero-order valence-electron chi connectivity index (χ0n) is 19.1. The van der Waals surface area contributed by atoms with Gasteiger partial charge in [-0.2, -0.15) is 9.30 Å². The average molecular weight is 502 g/mol. The summed E-state index contributed by atoms with van der Waals surface area (Å²) in [5, 5.41) is 0. The zero-order chi connectivity index (χ0) is 24.3. The molecule has 2 heterocycles. The number of hydrogen-bond acceptors (Lipinski definition) is 6. The van der Waals surface area contributed by atoms with Gasteiger partial charge in [0.2, 0.25) is 10.0 Å². The Bertz CT molecular complexity index is 1380. The molecule has 8 nitrogen and oxygen atoms in total. The van der Waals surface area contributed by atoms with E-state index >= 15 is 0 Å². The van der Waals surface area contributed by atoms with Gasteiger partial charge in [-0.15, -0.1) is 6.58 Å². The highest BCUT2D eigenvalue weighted by Gasteiger charge is 2.33. The lowest BCUT2D eigenvalue weighted by Crippen LogP contribution is -2.42. The number of aromatic nitrogens is 1. The fourth-order valence-electron chi connectivity index (χ4n) is 4.13. The van der Waals surface area contributed by atoms with Crippen LogP contribution in [0.1, 0.15) is 12.8 Å². The Morgan fingerprint density at radius 2 is 1.88 bits per heavy atom. The molecule has 0 spiro atoms. The molecule has 1 saturated heterocycles. The van der Waals surface area contributed by atoms with Crippen LogP contribution in [0.2, 0.25) is 0 Å². The van der Waals surface area contributed by atoms with Crippen molar-refractivity contribution in [1.29, 1.82) is 0 Å². The van der Waals surface area contributed by atoms with Crippen LogP contribution in [-0.4, -0.2) is 50.5 Å². The third-order valence-electron chi connectivity index (χ3n) is 5.82. The van der Waals surface area contributed by atoms with E-state index in [1.54, 1.807) is 50.6 Å². The molecule has 1 fully saturated rings. The van der Waals surface area contributed by atoms with Gasteiger partial charge < -0.3 is 14.0 Å². The van der Waals surface area contributed by atoms with Crippen molar-refractivity contribution in [2.75, 3.05) is 27.3 Å². The smallest absolute Gasteiger partial charge is 0.252 e. The van der Waals surface area contributed by atoms with Gasteiger partial charge in [-0.25, -0.2) is 8.42 Å². The van der Waals surface area contributed by atoms with Crippen LogP contribution in [-0.2, 0) is 21.4 Å². The van der Waals surface area contributed by atoms with Crippen LogP contribution in [0, 0.1) is 5.92 Å². The SMILES string of the molecule is C=CCn1c(=NC(=O)C2CCCN(S(=O)(=O)c3ccccc3)C2)sc2c(OC)ccc(OC)c21. The number of rotatable bonds is 7. The van der Waals surface area contributed by atoms with Crippen LogP contribution < -0.4 is 14.3 Å². The highest BCUT2D eigenvalue weighted by atomic mass is 32.2. The summed E-state index contributed by atoms with van der Waals surface area (Å²) in [6.45, 7) is 4.75. The Morgan fingerprint density at radius 1 is 1.18 bits per heavy atom. The van der Waals surface area contributed by atoms with Crippen LogP contribution in [0.4, 0.5) is 0 Å². The fraction of sp³-hybridized carbons (Fsp3) is 0.333. The minimum Gasteiger partial charge on any atom is -0.495 e. The molecule has 0 aliphatic carbocycles. The number of sulfonamides is 1. The van der Waals surface area contributed by atoms with E-state index in [2.05, 4.69) is 11.6 Å². The van der Waals surface area contributed by atoms with Crippen LogP contribution >= 0.6 is 11.3 Å². The molecule has 1 aliphatic heterocycles. The molecule has 180 valence electrons. The fourth-order valence-corrected chi connectivity index (χ4v) is 6.83. The highest BCUT2D eigenvalue weighted by molar-refractivity contribution is 7.89. The van der Waals surface area contributed by atoms with Gasteiger partial charge in [0, 0.05) is 19.6 Å². The second-order valence-corrected chi connectivity index (χ2v) is 10.8. The molecule has 0 bridgehead atoms. The predicted octanol–water partition coefficient (Wildman–Crippen LogP) is 3.43. The van der Waals surface area contributed by atoms with Crippen LogP contribution in [0.25, 0.3) is 10.2 Å². The molecular weight excluding hydrogens is 474 g/mol. The van der Waals surface area contributed by atoms with Gasteiger partial charge in [0.05, 0.1) is 25.0 Å².